The molecule has 258 valence electrons. The van der Waals surface area contributed by atoms with Crippen LogP contribution in [0.3, 0.4) is 0 Å². The maximum Gasteiger partial charge on any atom is 0.359 e. The highest BCUT2D eigenvalue weighted by Crippen LogP contribution is 2.43. The van der Waals surface area contributed by atoms with E-state index in [-0.39, 0.29) is 33.9 Å². The number of ether oxygens (including phenoxy) is 2. The summed E-state index contributed by atoms with van der Waals surface area (Å²) in [7, 11) is 0. The molecule has 3 aromatic rings. The molecule has 14 heteroatoms. The summed E-state index contributed by atoms with van der Waals surface area (Å²) in [6.45, 7) is 8.25. The first kappa shape index (κ1) is 38.1. The molecule has 0 spiro atoms. The quantitative estimate of drug-likeness (QED) is 0.0272. The van der Waals surface area contributed by atoms with Crippen molar-refractivity contribution >= 4 is 74.9 Å². The zero-order valence-electron chi connectivity index (χ0n) is 27.4. The minimum Gasteiger partial charge on any atom is -0.456 e. The number of thiocarbonyl (C=S) groups is 1. The standard InChI is InChI=1S/C35H35ClN2O8S3/c1-6-48-31-27(20(2)39)30(40)37(31)28(32(41)45-19-21-7-15-25(16-8-21)38(43)44)33(49-34(42)35(3,4)5)46-26-17-11-23(12-18-26)29(47)22-9-13-24(36)14-10-22/h7-18,20,27,31,39H,6,19H2,1-5H3/t20-,27+,31-/m1/s1. The number of amides is 1. The van der Waals surface area contributed by atoms with Gasteiger partial charge in [-0.25, -0.2) is 4.79 Å². The lowest BCUT2D eigenvalue weighted by atomic mass is 9.92. The molecule has 0 aliphatic carbocycles. The van der Waals surface area contributed by atoms with Crippen LogP contribution in [0.4, 0.5) is 5.69 Å². The minimum absolute atomic E-state index is 0.127. The van der Waals surface area contributed by atoms with Gasteiger partial charge in [0.1, 0.15) is 12.4 Å². The Morgan fingerprint density at radius 3 is 2.12 bits per heavy atom. The number of benzene rings is 3. The van der Waals surface area contributed by atoms with Gasteiger partial charge in [0.05, 0.1) is 27.2 Å². The Morgan fingerprint density at radius 2 is 1.61 bits per heavy atom. The van der Waals surface area contributed by atoms with Crippen LogP contribution in [0.15, 0.2) is 83.6 Å². The molecule has 1 amide bonds. The Bertz CT molecular complexity index is 1760. The second-order valence-electron chi connectivity index (χ2n) is 12.1. The third kappa shape index (κ3) is 9.28. The number of halogens is 1. The zero-order valence-corrected chi connectivity index (χ0v) is 30.6. The van der Waals surface area contributed by atoms with E-state index in [1.165, 1.54) is 47.9 Å². The maximum absolute atomic E-state index is 14.0. The van der Waals surface area contributed by atoms with E-state index in [1.807, 2.05) is 19.1 Å². The van der Waals surface area contributed by atoms with Gasteiger partial charge < -0.3 is 14.6 Å². The van der Waals surface area contributed by atoms with E-state index < -0.39 is 39.6 Å². The van der Waals surface area contributed by atoms with Crippen LogP contribution >= 0.6 is 47.3 Å². The fourth-order valence-electron chi connectivity index (χ4n) is 4.63. The topological polar surface area (TPSA) is 136 Å². The number of nitrogens with zero attached hydrogens (tertiary/aromatic N) is 2. The summed E-state index contributed by atoms with van der Waals surface area (Å²) in [5.41, 5.74) is 0.689. The number of nitro groups is 1. The number of rotatable bonds is 13. The van der Waals surface area contributed by atoms with Crippen LogP contribution in [-0.2, 0) is 25.7 Å². The van der Waals surface area contributed by atoms with Crippen molar-refractivity contribution in [3.63, 3.8) is 0 Å². The van der Waals surface area contributed by atoms with Crippen molar-refractivity contribution in [2.24, 2.45) is 11.3 Å². The number of hydrogen-bond donors (Lipinski definition) is 1. The first-order valence-corrected chi connectivity index (χ1v) is 17.9. The number of β-lactam (4-membered cyclic amide) rings is 1. The van der Waals surface area contributed by atoms with Crippen molar-refractivity contribution in [1.29, 1.82) is 0 Å². The highest BCUT2D eigenvalue weighted by molar-refractivity contribution is 8.16. The van der Waals surface area contributed by atoms with Crippen molar-refractivity contribution in [3.8, 4) is 5.75 Å². The van der Waals surface area contributed by atoms with E-state index in [0.29, 0.717) is 38.5 Å². The van der Waals surface area contributed by atoms with Crippen LogP contribution < -0.4 is 4.74 Å². The van der Waals surface area contributed by atoms with Gasteiger partial charge in [-0.3, -0.25) is 24.6 Å². The molecule has 1 fully saturated rings. The molecule has 0 aromatic heterocycles. The lowest BCUT2D eigenvalue weighted by Gasteiger charge is -2.48. The summed E-state index contributed by atoms with van der Waals surface area (Å²) < 4.78 is 11.9. The van der Waals surface area contributed by atoms with E-state index in [1.54, 1.807) is 57.2 Å². The minimum atomic E-state index is -1.00. The first-order valence-electron chi connectivity index (χ1n) is 15.2. The molecule has 0 saturated carbocycles. The van der Waals surface area contributed by atoms with Crippen LogP contribution in [0.5, 0.6) is 5.75 Å². The average Bonchev–Trinajstić information content (AvgIpc) is 3.05. The Balaban J connectivity index is 1.76. The van der Waals surface area contributed by atoms with Crippen LogP contribution in [-0.4, -0.2) is 54.0 Å². The third-order valence-electron chi connectivity index (χ3n) is 7.32. The smallest absolute Gasteiger partial charge is 0.359 e. The van der Waals surface area contributed by atoms with E-state index >= 15 is 0 Å². The molecule has 0 radical (unpaired) electrons. The van der Waals surface area contributed by atoms with Gasteiger partial charge >= 0.3 is 5.97 Å². The predicted octanol–water partition coefficient (Wildman–Crippen LogP) is 7.53. The van der Waals surface area contributed by atoms with Crippen LogP contribution in [0.25, 0.3) is 0 Å². The van der Waals surface area contributed by atoms with Crippen LogP contribution in [0.2, 0.25) is 5.02 Å². The number of likely N-dealkylation sites (tertiary alicyclic amines) is 1. The Kier molecular flexibility index (Phi) is 12.7. The lowest BCUT2D eigenvalue weighted by Crippen LogP contribution is -2.63. The average molecular weight is 743 g/mol. The Labute approximate surface area is 303 Å². The van der Waals surface area contributed by atoms with Gasteiger partial charge in [-0.15, -0.1) is 11.8 Å². The van der Waals surface area contributed by atoms with Gasteiger partial charge in [0, 0.05) is 22.6 Å². The second kappa shape index (κ2) is 16.3. The Morgan fingerprint density at radius 1 is 1.04 bits per heavy atom. The fourth-order valence-corrected chi connectivity index (χ4v) is 7.17. The molecular weight excluding hydrogens is 708 g/mol. The van der Waals surface area contributed by atoms with Crippen molar-refractivity contribution in [2.75, 3.05) is 5.75 Å². The predicted molar refractivity (Wildman–Crippen MR) is 195 cm³/mol. The molecule has 1 N–H and O–H groups in total. The third-order valence-corrected chi connectivity index (χ3v) is 10.5. The second-order valence-corrected chi connectivity index (χ2v) is 15.2. The number of aliphatic hydroxyl groups is 1. The monoisotopic (exact) mass is 742 g/mol. The molecule has 0 bridgehead atoms. The van der Waals surface area contributed by atoms with Crippen molar-refractivity contribution in [2.45, 2.75) is 52.7 Å². The molecular formula is C35H35ClN2O8S3. The summed E-state index contributed by atoms with van der Waals surface area (Å²) in [5, 5.41) is 20.9. The molecule has 0 unspecified atom stereocenters. The summed E-state index contributed by atoms with van der Waals surface area (Å²) >= 11 is 13.7. The van der Waals surface area contributed by atoms with Crippen molar-refractivity contribution < 1.29 is 33.9 Å². The largest absolute Gasteiger partial charge is 0.456 e. The molecule has 49 heavy (non-hydrogen) atoms. The fraction of sp³-hybridized carbons (Fsp3) is 0.314. The Hall–Kier alpha value is -3.75. The highest BCUT2D eigenvalue weighted by Gasteiger charge is 2.54. The molecule has 1 saturated heterocycles. The lowest BCUT2D eigenvalue weighted by molar-refractivity contribution is -0.384. The first-order chi connectivity index (χ1) is 23.1. The summed E-state index contributed by atoms with van der Waals surface area (Å²) in [4.78, 5) is 53.4. The van der Waals surface area contributed by atoms with E-state index in [0.717, 1.165) is 5.56 Å². The van der Waals surface area contributed by atoms with Gasteiger partial charge in [-0.1, -0.05) is 63.6 Å². The number of non-ortho nitro benzene ring substituents is 1. The van der Waals surface area contributed by atoms with E-state index in [9.17, 15) is 29.6 Å². The summed E-state index contributed by atoms with van der Waals surface area (Å²) in [6, 6.07) is 19.3. The number of carbonyl (C=O) groups excluding carboxylic acids is 3. The van der Waals surface area contributed by atoms with Gasteiger partial charge in [0.15, 0.2) is 10.8 Å². The normalized spacial score (nSPS) is 17.0. The molecule has 4 rings (SSSR count). The molecule has 10 nitrogen and oxygen atoms in total. The molecule has 3 atom stereocenters. The number of esters is 1. The molecule has 1 heterocycles. The number of aliphatic hydroxyl groups excluding tert-OH is 1. The molecule has 1 aliphatic heterocycles. The summed E-state index contributed by atoms with van der Waals surface area (Å²) in [5.74, 6) is -1.48. The van der Waals surface area contributed by atoms with Gasteiger partial charge in [-0.2, -0.15) is 0 Å². The number of hydrogen-bond acceptors (Lipinski definition) is 11. The maximum atomic E-state index is 14.0. The number of nitro benzene ring substituents is 1. The van der Waals surface area contributed by atoms with E-state index in [4.69, 9.17) is 33.3 Å². The van der Waals surface area contributed by atoms with Gasteiger partial charge in [0.25, 0.3) is 5.69 Å². The molecule has 3 aromatic carbocycles. The van der Waals surface area contributed by atoms with Gasteiger partial charge in [-0.05, 0) is 89.7 Å². The molecule has 1 aliphatic rings. The van der Waals surface area contributed by atoms with Crippen molar-refractivity contribution in [3.05, 3.63) is 115 Å². The summed E-state index contributed by atoms with van der Waals surface area (Å²) in [6.07, 6.45) is -1.00. The van der Waals surface area contributed by atoms with Crippen molar-refractivity contribution in [1.82, 2.24) is 4.90 Å². The van der Waals surface area contributed by atoms with Gasteiger partial charge in [0.2, 0.25) is 11.0 Å². The van der Waals surface area contributed by atoms with E-state index in [2.05, 4.69) is 0 Å². The van der Waals surface area contributed by atoms with Crippen LogP contribution in [0.1, 0.15) is 51.3 Å². The highest BCUT2D eigenvalue weighted by atomic mass is 35.5. The number of carbonyl (C=O) groups is 3. The SMILES string of the molecule is CCS[C@@H]1[C@@H]([C@@H](C)O)C(=O)N1C(C(=O)OCc1ccc([N+](=O)[O-])cc1)=C(Oc1ccc(C(=S)c2ccc(Cl)cc2)cc1)SC(=O)C(C)(C)C. The zero-order chi connectivity index (χ0) is 36.0. The number of thioether (sulfide) groups is 2. The van der Waals surface area contributed by atoms with Crippen LogP contribution in [0, 0.1) is 21.4 Å².